The number of H-pyrrole nitrogens is 1. The van der Waals surface area contributed by atoms with Gasteiger partial charge >= 0.3 is 0 Å². The van der Waals surface area contributed by atoms with Gasteiger partial charge in [0.15, 0.2) is 17.3 Å². The van der Waals surface area contributed by atoms with E-state index in [0.717, 1.165) is 0 Å². The number of nitrogen functional groups attached to an aromatic ring is 1. The molecule has 0 saturated heterocycles. The zero-order chi connectivity index (χ0) is 11.8. The fourth-order valence-corrected chi connectivity index (χ4v) is 1.80. The molecule has 0 unspecified atom stereocenters. The number of anilines is 1. The van der Waals surface area contributed by atoms with Crippen LogP contribution in [0.1, 0.15) is 0 Å². The molecule has 0 atom stereocenters. The van der Waals surface area contributed by atoms with Crippen LogP contribution in [-0.4, -0.2) is 23.4 Å². The molecule has 2 heterocycles. The normalized spacial score (nSPS) is 13.7. The van der Waals surface area contributed by atoms with Crippen LogP contribution in [0.3, 0.4) is 0 Å². The summed E-state index contributed by atoms with van der Waals surface area (Å²) in [6.07, 6.45) is 1.48. The van der Waals surface area contributed by atoms with Crippen LogP contribution in [0.5, 0.6) is 11.5 Å². The summed E-state index contributed by atoms with van der Waals surface area (Å²) in [7, 11) is 0. The minimum atomic E-state index is -0.477. The summed E-state index contributed by atoms with van der Waals surface area (Å²) >= 11 is 0. The second-order valence-electron chi connectivity index (χ2n) is 3.65. The summed E-state index contributed by atoms with van der Waals surface area (Å²) in [6, 6.07) is 3.27. The molecule has 0 spiro atoms. The van der Waals surface area contributed by atoms with Gasteiger partial charge in [0.1, 0.15) is 19.0 Å². The number of hydrogen-bond donors (Lipinski definition) is 2. The van der Waals surface area contributed by atoms with Gasteiger partial charge in [-0.25, -0.2) is 4.39 Å². The quantitative estimate of drug-likeness (QED) is 0.786. The van der Waals surface area contributed by atoms with Crippen molar-refractivity contribution in [2.45, 2.75) is 0 Å². The Morgan fingerprint density at radius 3 is 2.82 bits per heavy atom. The maximum atomic E-state index is 14.2. The molecule has 5 nitrogen and oxygen atoms in total. The Kier molecular flexibility index (Phi) is 2.14. The average Bonchev–Trinajstić information content (AvgIpc) is 2.76. The molecule has 1 aromatic carbocycles. The van der Waals surface area contributed by atoms with E-state index in [-0.39, 0.29) is 5.75 Å². The van der Waals surface area contributed by atoms with Crippen LogP contribution in [0, 0.1) is 5.82 Å². The van der Waals surface area contributed by atoms with Gasteiger partial charge in [-0.1, -0.05) is 0 Å². The average molecular weight is 235 g/mol. The van der Waals surface area contributed by atoms with Gasteiger partial charge in [-0.3, -0.25) is 5.10 Å². The molecule has 0 fully saturated rings. The summed E-state index contributed by atoms with van der Waals surface area (Å²) in [5.74, 6) is 0.393. The molecule has 1 aliphatic heterocycles. The molecule has 88 valence electrons. The van der Waals surface area contributed by atoms with Gasteiger partial charge in [0, 0.05) is 11.1 Å². The highest BCUT2D eigenvalue weighted by atomic mass is 19.1. The minimum absolute atomic E-state index is 0.134. The number of ether oxygens (including phenoxy) is 2. The van der Waals surface area contributed by atoms with Gasteiger partial charge in [0.25, 0.3) is 0 Å². The van der Waals surface area contributed by atoms with Gasteiger partial charge in [-0.05, 0) is 12.1 Å². The second kappa shape index (κ2) is 3.65. The lowest BCUT2D eigenvalue weighted by Gasteiger charge is -2.19. The van der Waals surface area contributed by atoms with Gasteiger partial charge in [0.2, 0.25) is 0 Å². The van der Waals surface area contributed by atoms with Crippen molar-refractivity contribution in [2.75, 3.05) is 18.9 Å². The van der Waals surface area contributed by atoms with E-state index in [9.17, 15) is 4.39 Å². The maximum absolute atomic E-state index is 14.2. The first kappa shape index (κ1) is 9.95. The highest BCUT2D eigenvalue weighted by Crippen LogP contribution is 2.39. The largest absolute Gasteiger partial charge is 0.486 e. The van der Waals surface area contributed by atoms with E-state index in [1.54, 1.807) is 12.1 Å². The number of rotatable bonds is 1. The molecule has 3 N–H and O–H groups in total. The predicted octanol–water partition coefficient (Wildman–Crippen LogP) is 1.57. The van der Waals surface area contributed by atoms with E-state index in [2.05, 4.69) is 10.2 Å². The van der Waals surface area contributed by atoms with Gasteiger partial charge in [0.05, 0.1) is 6.20 Å². The number of benzene rings is 1. The molecule has 0 aliphatic carbocycles. The maximum Gasteiger partial charge on any atom is 0.197 e. The zero-order valence-electron chi connectivity index (χ0n) is 8.87. The molecule has 0 radical (unpaired) electrons. The molecule has 1 aliphatic rings. The molecule has 2 aromatic rings. The third-order valence-electron chi connectivity index (χ3n) is 2.61. The molecule has 0 amide bonds. The lowest BCUT2D eigenvalue weighted by molar-refractivity contribution is 0.164. The number of fused-ring (bicyclic) bond motifs is 1. The number of aromatic amines is 1. The molecular weight excluding hydrogens is 225 g/mol. The Hall–Kier alpha value is -2.24. The Balaban J connectivity index is 2.16. The highest BCUT2D eigenvalue weighted by molar-refractivity contribution is 5.75. The van der Waals surface area contributed by atoms with E-state index in [4.69, 9.17) is 15.2 Å². The predicted molar refractivity (Wildman–Crippen MR) is 59.4 cm³/mol. The summed E-state index contributed by atoms with van der Waals surface area (Å²) in [5.41, 5.74) is 6.52. The topological polar surface area (TPSA) is 73.2 Å². The van der Waals surface area contributed by atoms with Gasteiger partial charge in [-0.2, -0.15) is 5.10 Å². The van der Waals surface area contributed by atoms with E-state index in [1.165, 1.54) is 6.20 Å². The van der Waals surface area contributed by atoms with E-state index in [0.29, 0.717) is 35.9 Å². The van der Waals surface area contributed by atoms with Crippen molar-refractivity contribution in [1.82, 2.24) is 10.2 Å². The third kappa shape index (κ3) is 1.49. The molecule has 17 heavy (non-hydrogen) atoms. The number of nitrogens with one attached hydrogen (secondary N) is 1. The Morgan fingerprint density at radius 2 is 2.06 bits per heavy atom. The number of nitrogens with zero attached hydrogens (tertiary/aromatic N) is 1. The Morgan fingerprint density at radius 1 is 1.24 bits per heavy atom. The first-order valence-corrected chi connectivity index (χ1v) is 5.14. The number of nitrogens with two attached hydrogens (primary N) is 1. The van der Waals surface area contributed by atoms with Crippen molar-refractivity contribution in [3.8, 4) is 22.6 Å². The zero-order valence-corrected chi connectivity index (χ0v) is 8.87. The number of halogens is 1. The van der Waals surface area contributed by atoms with Gasteiger partial charge in [-0.15, -0.1) is 0 Å². The smallest absolute Gasteiger partial charge is 0.197 e. The van der Waals surface area contributed by atoms with E-state index < -0.39 is 5.82 Å². The Labute approximate surface area is 96.3 Å². The molecule has 3 rings (SSSR count). The van der Waals surface area contributed by atoms with Crippen LogP contribution in [-0.2, 0) is 0 Å². The second-order valence-corrected chi connectivity index (χ2v) is 3.65. The standard InChI is InChI=1S/C11H10FN3O2/c12-9-6(7-5-14-15-11(7)13)1-2-8-10(9)17-4-3-16-8/h1-2,5H,3-4H2,(H3,13,14,15). The summed E-state index contributed by atoms with van der Waals surface area (Å²) in [6.45, 7) is 0.772. The van der Waals surface area contributed by atoms with Crippen molar-refractivity contribution in [3.05, 3.63) is 24.1 Å². The van der Waals surface area contributed by atoms with Gasteiger partial charge < -0.3 is 15.2 Å². The van der Waals surface area contributed by atoms with Crippen LogP contribution in [0.25, 0.3) is 11.1 Å². The highest BCUT2D eigenvalue weighted by Gasteiger charge is 2.21. The van der Waals surface area contributed by atoms with Crippen molar-refractivity contribution < 1.29 is 13.9 Å². The van der Waals surface area contributed by atoms with Crippen molar-refractivity contribution in [1.29, 1.82) is 0 Å². The third-order valence-corrected chi connectivity index (χ3v) is 2.61. The number of aromatic nitrogens is 2. The van der Waals surface area contributed by atoms with E-state index >= 15 is 0 Å². The lowest BCUT2D eigenvalue weighted by atomic mass is 10.1. The fraction of sp³-hybridized carbons (Fsp3) is 0.182. The molecule has 6 heteroatoms. The lowest BCUT2D eigenvalue weighted by Crippen LogP contribution is -2.16. The van der Waals surface area contributed by atoms with E-state index in [1.807, 2.05) is 0 Å². The summed E-state index contributed by atoms with van der Waals surface area (Å²) < 4.78 is 24.7. The summed E-state index contributed by atoms with van der Waals surface area (Å²) in [5, 5.41) is 6.33. The van der Waals surface area contributed by atoms with Crippen molar-refractivity contribution in [3.63, 3.8) is 0 Å². The van der Waals surface area contributed by atoms with Crippen LogP contribution in [0.2, 0.25) is 0 Å². The minimum Gasteiger partial charge on any atom is -0.486 e. The van der Waals surface area contributed by atoms with Crippen LogP contribution >= 0.6 is 0 Å². The summed E-state index contributed by atoms with van der Waals surface area (Å²) in [4.78, 5) is 0. The van der Waals surface area contributed by atoms with Crippen molar-refractivity contribution in [2.24, 2.45) is 0 Å². The first-order chi connectivity index (χ1) is 8.27. The first-order valence-electron chi connectivity index (χ1n) is 5.14. The SMILES string of the molecule is Nc1[nH]ncc1-c1ccc2c(c1F)OCCO2. The van der Waals surface area contributed by atoms with Crippen molar-refractivity contribution >= 4 is 5.82 Å². The fourth-order valence-electron chi connectivity index (χ4n) is 1.80. The van der Waals surface area contributed by atoms with Crippen LogP contribution in [0.4, 0.5) is 10.2 Å². The Bertz CT molecular complexity index is 568. The molecule has 1 aromatic heterocycles. The molecule has 0 bridgehead atoms. The number of hydrogen-bond acceptors (Lipinski definition) is 4. The monoisotopic (exact) mass is 235 g/mol. The van der Waals surface area contributed by atoms with Crippen LogP contribution in [0.15, 0.2) is 18.3 Å². The molecular formula is C11H10FN3O2. The molecule has 0 saturated carbocycles. The van der Waals surface area contributed by atoms with Crippen LogP contribution < -0.4 is 15.2 Å².